The van der Waals surface area contributed by atoms with Crippen molar-refractivity contribution < 1.29 is 14.6 Å². The Morgan fingerprint density at radius 3 is 3.11 bits per heavy atom. The summed E-state index contributed by atoms with van der Waals surface area (Å²) in [4.78, 5) is 15.4. The van der Waals surface area contributed by atoms with Crippen molar-refractivity contribution in [1.82, 2.24) is 4.98 Å². The van der Waals surface area contributed by atoms with Crippen molar-refractivity contribution in [3.63, 3.8) is 0 Å². The molecule has 1 unspecified atom stereocenters. The summed E-state index contributed by atoms with van der Waals surface area (Å²) < 4.78 is 5.74. The molecule has 19 heavy (non-hydrogen) atoms. The van der Waals surface area contributed by atoms with Gasteiger partial charge in [-0.1, -0.05) is 5.57 Å². The molecule has 1 fully saturated rings. The lowest BCUT2D eigenvalue weighted by molar-refractivity contribution is 0.0167. The lowest BCUT2D eigenvalue weighted by Crippen LogP contribution is -2.19. The fourth-order valence-electron chi connectivity index (χ4n) is 2.88. The number of nitrogens with zero attached hydrogens (tertiary/aromatic N) is 1. The minimum Gasteiger partial charge on any atom is -0.478 e. The second-order valence-corrected chi connectivity index (χ2v) is 5.20. The SMILES string of the molecule is O=C(O)c1ccnc2c1CC(CC1CCCCO1)=C2. The normalized spacial score (nSPS) is 21.9. The molecule has 0 bridgehead atoms. The van der Waals surface area contributed by atoms with E-state index in [1.54, 1.807) is 12.3 Å². The molecule has 2 aliphatic rings. The highest BCUT2D eigenvalue weighted by atomic mass is 16.5. The maximum atomic E-state index is 11.2. The lowest BCUT2D eigenvalue weighted by Gasteiger charge is -2.22. The number of pyridine rings is 1. The Balaban J connectivity index is 1.75. The molecule has 1 atom stereocenters. The number of carbonyl (C=O) groups is 1. The number of hydrogen-bond acceptors (Lipinski definition) is 3. The molecule has 2 heterocycles. The summed E-state index contributed by atoms with van der Waals surface area (Å²) in [5, 5.41) is 9.18. The maximum absolute atomic E-state index is 11.2. The first-order valence-corrected chi connectivity index (χ1v) is 6.76. The van der Waals surface area contributed by atoms with Crippen LogP contribution in [0.4, 0.5) is 0 Å². The minimum absolute atomic E-state index is 0.294. The highest BCUT2D eigenvalue weighted by Crippen LogP contribution is 2.30. The van der Waals surface area contributed by atoms with Crippen molar-refractivity contribution in [2.45, 2.75) is 38.2 Å². The van der Waals surface area contributed by atoms with Crippen molar-refractivity contribution in [3.05, 3.63) is 34.7 Å². The molecule has 0 amide bonds. The molecule has 3 rings (SSSR count). The van der Waals surface area contributed by atoms with Crippen molar-refractivity contribution in [3.8, 4) is 0 Å². The number of aromatic nitrogens is 1. The first-order chi connectivity index (χ1) is 9.24. The maximum Gasteiger partial charge on any atom is 0.336 e. The molecule has 100 valence electrons. The average molecular weight is 259 g/mol. The van der Waals surface area contributed by atoms with E-state index in [1.165, 1.54) is 12.0 Å². The van der Waals surface area contributed by atoms with Crippen LogP contribution in [0.25, 0.3) is 6.08 Å². The smallest absolute Gasteiger partial charge is 0.336 e. The molecule has 0 aromatic carbocycles. The quantitative estimate of drug-likeness (QED) is 0.906. The van der Waals surface area contributed by atoms with Gasteiger partial charge in [0.05, 0.1) is 17.4 Å². The average Bonchev–Trinajstić information content (AvgIpc) is 2.81. The summed E-state index contributed by atoms with van der Waals surface area (Å²) in [6.07, 6.45) is 8.97. The molecule has 0 saturated carbocycles. The van der Waals surface area contributed by atoms with Crippen molar-refractivity contribution in [1.29, 1.82) is 0 Å². The number of carboxylic acid groups (broad SMARTS) is 1. The van der Waals surface area contributed by atoms with Crippen LogP contribution in [0.3, 0.4) is 0 Å². The van der Waals surface area contributed by atoms with Gasteiger partial charge in [-0.25, -0.2) is 4.79 Å². The summed E-state index contributed by atoms with van der Waals surface area (Å²) in [6, 6.07) is 1.58. The van der Waals surface area contributed by atoms with Gasteiger partial charge < -0.3 is 9.84 Å². The zero-order valence-electron chi connectivity index (χ0n) is 10.8. The summed E-state index contributed by atoms with van der Waals surface area (Å²) >= 11 is 0. The number of fused-ring (bicyclic) bond motifs is 1. The number of aromatic carboxylic acids is 1. The standard InChI is InChI=1S/C15H17NO3/c17-15(18)12-4-5-16-14-9-10(8-13(12)14)7-11-3-1-2-6-19-11/h4-5,9,11H,1-3,6-8H2,(H,17,18). The Kier molecular flexibility index (Phi) is 3.34. The van der Waals surface area contributed by atoms with Crippen LogP contribution >= 0.6 is 0 Å². The van der Waals surface area contributed by atoms with Gasteiger partial charge in [0.25, 0.3) is 0 Å². The van der Waals surface area contributed by atoms with E-state index in [0.29, 0.717) is 18.1 Å². The Morgan fingerprint density at radius 2 is 2.37 bits per heavy atom. The summed E-state index contributed by atoms with van der Waals surface area (Å²) in [7, 11) is 0. The molecule has 1 N–H and O–H groups in total. The van der Waals surface area contributed by atoms with E-state index >= 15 is 0 Å². The van der Waals surface area contributed by atoms with Crippen LogP contribution < -0.4 is 0 Å². The lowest BCUT2D eigenvalue weighted by atomic mass is 9.99. The predicted molar refractivity (Wildman–Crippen MR) is 71.1 cm³/mol. The van der Waals surface area contributed by atoms with Crippen LogP contribution in [0, 0.1) is 0 Å². The summed E-state index contributed by atoms with van der Waals surface area (Å²) in [5.74, 6) is -0.873. The van der Waals surface area contributed by atoms with Gasteiger partial charge in [0.1, 0.15) is 0 Å². The summed E-state index contributed by atoms with van der Waals surface area (Å²) in [5.41, 5.74) is 3.27. The Bertz CT molecular complexity index is 530. The molecule has 1 aliphatic heterocycles. The highest BCUT2D eigenvalue weighted by molar-refractivity contribution is 5.91. The second kappa shape index (κ2) is 5.13. The van der Waals surface area contributed by atoms with Gasteiger partial charge in [0.15, 0.2) is 0 Å². The minimum atomic E-state index is -0.873. The molecule has 1 aromatic heterocycles. The highest BCUT2D eigenvalue weighted by Gasteiger charge is 2.23. The molecule has 0 radical (unpaired) electrons. The molecule has 1 aliphatic carbocycles. The third-order valence-corrected chi connectivity index (χ3v) is 3.83. The van der Waals surface area contributed by atoms with Crippen LogP contribution in [-0.2, 0) is 11.2 Å². The zero-order valence-corrected chi connectivity index (χ0v) is 10.8. The van der Waals surface area contributed by atoms with Crippen molar-refractivity contribution in [2.75, 3.05) is 6.61 Å². The Hall–Kier alpha value is -1.68. The van der Waals surface area contributed by atoms with Crippen LogP contribution in [-0.4, -0.2) is 28.8 Å². The fraction of sp³-hybridized carbons (Fsp3) is 0.467. The molecular formula is C15H17NO3. The second-order valence-electron chi connectivity index (χ2n) is 5.20. The first kappa shape index (κ1) is 12.4. The Morgan fingerprint density at radius 1 is 1.47 bits per heavy atom. The number of carboxylic acids is 1. The first-order valence-electron chi connectivity index (χ1n) is 6.76. The topological polar surface area (TPSA) is 59.4 Å². The van der Waals surface area contributed by atoms with Gasteiger partial charge in [-0.2, -0.15) is 0 Å². The van der Waals surface area contributed by atoms with E-state index in [-0.39, 0.29) is 0 Å². The van der Waals surface area contributed by atoms with Crippen LogP contribution in [0.2, 0.25) is 0 Å². The number of rotatable bonds is 3. The summed E-state index contributed by atoms with van der Waals surface area (Å²) in [6.45, 7) is 0.851. The third kappa shape index (κ3) is 2.54. The fourth-order valence-corrected chi connectivity index (χ4v) is 2.88. The molecule has 4 nitrogen and oxygen atoms in total. The number of ether oxygens (including phenoxy) is 1. The predicted octanol–water partition coefficient (Wildman–Crippen LogP) is 2.68. The van der Waals surface area contributed by atoms with E-state index in [9.17, 15) is 9.90 Å². The van der Waals surface area contributed by atoms with E-state index in [0.717, 1.165) is 37.1 Å². The molecule has 4 heteroatoms. The van der Waals surface area contributed by atoms with E-state index in [4.69, 9.17) is 4.74 Å². The van der Waals surface area contributed by atoms with E-state index < -0.39 is 5.97 Å². The van der Waals surface area contributed by atoms with Crippen LogP contribution in [0.5, 0.6) is 0 Å². The van der Waals surface area contributed by atoms with Crippen LogP contribution in [0.1, 0.15) is 47.3 Å². The molecule has 0 spiro atoms. The van der Waals surface area contributed by atoms with Crippen LogP contribution in [0.15, 0.2) is 17.8 Å². The number of hydrogen-bond donors (Lipinski definition) is 1. The molecular weight excluding hydrogens is 242 g/mol. The van der Waals surface area contributed by atoms with E-state index in [2.05, 4.69) is 4.98 Å². The van der Waals surface area contributed by atoms with Gasteiger partial charge in [-0.15, -0.1) is 0 Å². The van der Waals surface area contributed by atoms with Gasteiger partial charge in [0, 0.05) is 12.8 Å². The molecule has 1 aromatic rings. The van der Waals surface area contributed by atoms with Crippen molar-refractivity contribution >= 4 is 12.0 Å². The van der Waals surface area contributed by atoms with E-state index in [1.807, 2.05) is 6.08 Å². The van der Waals surface area contributed by atoms with Gasteiger partial charge in [0.2, 0.25) is 0 Å². The molecule has 1 saturated heterocycles. The van der Waals surface area contributed by atoms with Gasteiger partial charge >= 0.3 is 5.97 Å². The monoisotopic (exact) mass is 259 g/mol. The Labute approximate surface area is 112 Å². The van der Waals surface area contributed by atoms with Gasteiger partial charge in [-0.3, -0.25) is 4.98 Å². The third-order valence-electron chi connectivity index (χ3n) is 3.83. The largest absolute Gasteiger partial charge is 0.478 e. The van der Waals surface area contributed by atoms with Gasteiger partial charge in [-0.05, 0) is 49.8 Å². The zero-order chi connectivity index (χ0) is 13.2. The van der Waals surface area contributed by atoms with Crippen molar-refractivity contribution in [2.24, 2.45) is 0 Å².